The van der Waals surface area contributed by atoms with Gasteiger partial charge in [-0.3, -0.25) is 0 Å². The number of hydrogen-bond donors (Lipinski definition) is 2. The molecule has 2 aromatic carbocycles. The molecule has 0 saturated carbocycles. The Labute approximate surface area is 209 Å². The molecule has 1 aromatic heterocycles. The number of nitrogens with two attached hydrogens (primary N) is 1. The number of anilines is 1. The Kier molecular flexibility index (Phi) is 8.10. The average Bonchev–Trinajstić information content (AvgIpc) is 3.07. The molecule has 0 bridgehead atoms. The summed E-state index contributed by atoms with van der Waals surface area (Å²) in [7, 11) is 0. The number of nitrogens with zero attached hydrogens (tertiary/aromatic N) is 4. The smallest absolute Gasteiger partial charge is 0.145 e. The number of halogens is 4. The molecule has 168 valence electrons. The van der Waals surface area contributed by atoms with Gasteiger partial charge in [0, 0.05) is 26.2 Å². The lowest BCUT2D eigenvalue weighted by Crippen LogP contribution is -2.07. The van der Waals surface area contributed by atoms with Crippen molar-refractivity contribution >= 4 is 63.9 Å². The van der Waals surface area contributed by atoms with E-state index in [0.717, 1.165) is 0 Å². The Morgan fingerprint density at radius 2 is 1.85 bits per heavy atom. The molecule has 0 aliphatic carbocycles. The Morgan fingerprint density at radius 3 is 2.48 bits per heavy atom. The summed E-state index contributed by atoms with van der Waals surface area (Å²) in [5.74, 6) is 0.293. The number of ether oxygens (including phenoxy) is 1. The molecule has 0 aliphatic heterocycles. The van der Waals surface area contributed by atoms with Gasteiger partial charge in [0.1, 0.15) is 41.6 Å². The average molecular weight is 523 g/mol. The first-order valence-corrected chi connectivity index (χ1v) is 10.8. The number of benzene rings is 2. The number of nitrogen functional groups attached to an aromatic ring is 1. The number of hydrogen-bond acceptors (Lipinski definition) is 6. The van der Waals surface area contributed by atoms with Gasteiger partial charge in [-0.2, -0.15) is 15.6 Å². The van der Waals surface area contributed by atoms with Crippen molar-refractivity contribution < 1.29 is 9.84 Å². The lowest BCUT2D eigenvalue weighted by atomic mass is 10.1. The van der Waals surface area contributed by atoms with Gasteiger partial charge < -0.3 is 15.6 Å². The van der Waals surface area contributed by atoms with Gasteiger partial charge in [-0.05, 0) is 30.3 Å². The van der Waals surface area contributed by atoms with Gasteiger partial charge in [0.25, 0.3) is 0 Å². The Bertz CT molecular complexity index is 1320. The largest absolute Gasteiger partial charge is 0.487 e. The predicted molar refractivity (Wildman–Crippen MR) is 129 cm³/mol. The number of aliphatic hydroxyl groups is 1. The second-order valence-electron chi connectivity index (χ2n) is 6.67. The van der Waals surface area contributed by atoms with E-state index in [1.807, 2.05) is 12.1 Å². The normalized spacial score (nSPS) is 11.2. The van der Waals surface area contributed by atoms with Crippen LogP contribution in [0.25, 0.3) is 11.6 Å². The zero-order chi connectivity index (χ0) is 24.1. The van der Waals surface area contributed by atoms with Crippen LogP contribution in [-0.4, -0.2) is 21.5 Å². The zero-order valence-electron chi connectivity index (χ0n) is 16.8. The first-order valence-electron chi connectivity index (χ1n) is 9.34. The third kappa shape index (κ3) is 5.54. The van der Waals surface area contributed by atoms with E-state index in [4.69, 9.17) is 56.9 Å². The van der Waals surface area contributed by atoms with Gasteiger partial charge >= 0.3 is 0 Å². The van der Waals surface area contributed by atoms with Crippen LogP contribution in [0, 0.1) is 22.7 Å². The van der Waals surface area contributed by atoms with Crippen LogP contribution in [0.15, 0.2) is 30.3 Å². The van der Waals surface area contributed by atoms with Gasteiger partial charge in [0.05, 0.1) is 23.7 Å². The van der Waals surface area contributed by atoms with Crippen LogP contribution in [0.4, 0.5) is 5.82 Å². The maximum atomic E-state index is 9.79. The minimum atomic E-state index is -0.239. The fraction of sp³-hybridized carbons (Fsp3) is 0.136. The fourth-order valence-corrected chi connectivity index (χ4v) is 4.00. The van der Waals surface area contributed by atoms with Crippen LogP contribution in [0.2, 0.25) is 20.1 Å². The monoisotopic (exact) mass is 521 g/mol. The number of aromatic nitrogens is 2. The maximum Gasteiger partial charge on any atom is 0.145 e. The molecule has 7 nitrogen and oxygen atoms in total. The molecule has 0 unspecified atom stereocenters. The molecule has 0 fully saturated rings. The maximum absolute atomic E-state index is 9.79. The third-order valence-electron chi connectivity index (χ3n) is 4.51. The zero-order valence-corrected chi connectivity index (χ0v) is 19.8. The van der Waals surface area contributed by atoms with Crippen LogP contribution in [0.3, 0.4) is 0 Å². The van der Waals surface area contributed by atoms with E-state index in [1.165, 1.54) is 16.8 Å². The Morgan fingerprint density at radius 1 is 1.12 bits per heavy atom. The van der Waals surface area contributed by atoms with Crippen LogP contribution in [0.1, 0.15) is 22.4 Å². The van der Waals surface area contributed by atoms with E-state index in [0.29, 0.717) is 26.2 Å². The summed E-state index contributed by atoms with van der Waals surface area (Å²) >= 11 is 24.7. The Balaban J connectivity index is 2.06. The summed E-state index contributed by atoms with van der Waals surface area (Å²) in [4.78, 5) is 0. The van der Waals surface area contributed by atoms with Gasteiger partial charge in [-0.1, -0.05) is 52.5 Å². The second kappa shape index (κ2) is 10.8. The number of allylic oxidation sites excluding steroid dienone is 1. The quantitative estimate of drug-likeness (QED) is 0.390. The van der Waals surface area contributed by atoms with Crippen molar-refractivity contribution in [3.63, 3.8) is 0 Å². The van der Waals surface area contributed by atoms with Crippen molar-refractivity contribution in [1.29, 1.82) is 10.5 Å². The van der Waals surface area contributed by atoms with Crippen LogP contribution >= 0.6 is 46.4 Å². The molecule has 0 saturated heterocycles. The van der Waals surface area contributed by atoms with Crippen molar-refractivity contribution in [1.82, 2.24) is 9.78 Å². The molecule has 0 amide bonds. The minimum Gasteiger partial charge on any atom is -0.487 e. The molecule has 0 radical (unpaired) electrons. The summed E-state index contributed by atoms with van der Waals surface area (Å²) in [6, 6.07) is 12.0. The topological polar surface area (TPSA) is 121 Å². The van der Waals surface area contributed by atoms with Crippen LogP contribution in [0.5, 0.6) is 5.75 Å². The molecule has 11 heteroatoms. The highest BCUT2D eigenvalue weighted by Gasteiger charge is 2.20. The van der Waals surface area contributed by atoms with Crippen LogP contribution in [-0.2, 0) is 13.2 Å². The standard InChI is InChI=1S/C22H15Cl4N5O2/c23-15-2-1-12(18(25)7-15)11-33-21-13(6-16(24)8-19(21)26)5-14(9-27)20-17(10-28)22(29)31(30-20)3-4-32/h1-2,5-8,32H,3-4,11,29H2/b14-5+. The van der Waals surface area contributed by atoms with Crippen molar-refractivity contribution in [2.45, 2.75) is 13.2 Å². The summed E-state index contributed by atoms with van der Waals surface area (Å²) in [5.41, 5.74) is 7.10. The summed E-state index contributed by atoms with van der Waals surface area (Å²) < 4.78 is 7.17. The van der Waals surface area contributed by atoms with Gasteiger partial charge in [0.15, 0.2) is 0 Å². The fourth-order valence-electron chi connectivity index (χ4n) is 2.98. The second-order valence-corrected chi connectivity index (χ2v) is 8.35. The lowest BCUT2D eigenvalue weighted by Gasteiger charge is -2.13. The molecule has 1 heterocycles. The number of rotatable bonds is 7. The SMILES string of the molecule is N#C/C(=C\c1cc(Cl)cc(Cl)c1OCc1ccc(Cl)cc1Cl)c1nn(CCO)c(N)c1C#N. The van der Waals surface area contributed by atoms with Crippen LogP contribution < -0.4 is 10.5 Å². The predicted octanol–water partition coefficient (Wildman–Crippen LogP) is 5.59. The highest BCUT2D eigenvalue weighted by molar-refractivity contribution is 6.36. The number of aliphatic hydroxyl groups excluding tert-OH is 1. The molecule has 33 heavy (non-hydrogen) atoms. The van der Waals surface area contributed by atoms with Gasteiger partial charge in [-0.15, -0.1) is 0 Å². The van der Waals surface area contributed by atoms with E-state index >= 15 is 0 Å². The van der Waals surface area contributed by atoms with Crippen molar-refractivity contribution in [2.75, 3.05) is 12.3 Å². The first-order chi connectivity index (χ1) is 15.8. The van der Waals surface area contributed by atoms with E-state index in [9.17, 15) is 15.6 Å². The molecule has 3 aromatic rings. The molecule has 0 atom stereocenters. The highest BCUT2D eigenvalue weighted by Crippen LogP contribution is 2.36. The van der Waals surface area contributed by atoms with Gasteiger partial charge in [-0.25, -0.2) is 4.68 Å². The third-order valence-corrected chi connectivity index (χ3v) is 5.60. The summed E-state index contributed by atoms with van der Waals surface area (Å²) in [6.45, 7) is -0.100. The minimum absolute atomic E-state index is 0.0137. The molecule has 3 rings (SSSR count). The van der Waals surface area contributed by atoms with E-state index in [1.54, 1.807) is 24.3 Å². The molecular weight excluding hydrogens is 508 g/mol. The van der Waals surface area contributed by atoms with Gasteiger partial charge in [0.2, 0.25) is 0 Å². The summed E-state index contributed by atoms with van der Waals surface area (Å²) in [5, 5.41) is 34.1. The Hall–Kier alpha value is -2.91. The van der Waals surface area contributed by atoms with Crippen molar-refractivity contribution in [3.05, 3.63) is 72.8 Å². The first kappa shape index (κ1) is 24.7. The molecule has 0 aliphatic rings. The number of nitriles is 2. The van der Waals surface area contributed by atoms with Crippen molar-refractivity contribution in [2.24, 2.45) is 0 Å². The highest BCUT2D eigenvalue weighted by atomic mass is 35.5. The summed E-state index contributed by atoms with van der Waals surface area (Å²) in [6.07, 6.45) is 1.45. The van der Waals surface area contributed by atoms with E-state index < -0.39 is 0 Å². The van der Waals surface area contributed by atoms with E-state index in [2.05, 4.69) is 5.10 Å². The molecule has 0 spiro atoms. The van der Waals surface area contributed by atoms with Crippen molar-refractivity contribution in [3.8, 4) is 17.9 Å². The lowest BCUT2D eigenvalue weighted by molar-refractivity contribution is 0.270. The van der Waals surface area contributed by atoms with E-state index in [-0.39, 0.29) is 53.2 Å². The molecular formula is C22H15Cl4N5O2. The molecule has 3 N–H and O–H groups in total.